The minimum atomic E-state index is 0.798. The maximum absolute atomic E-state index is 3.80. The summed E-state index contributed by atoms with van der Waals surface area (Å²) in [7, 11) is 0. The molecule has 0 amide bonds. The van der Waals surface area contributed by atoms with Gasteiger partial charge in [0, 0.05) is 4.83 Å². The second-order valence-corrected chi connectivity index (χ2v) is 6.69. The van der Waals surface area contributed by atoms with Crippen LogP contribution in [0, 0.1) is 17.8 Å². The zero-order chi connectivity index (χ0) is 9.97. The average molecular weight is 259 g/mol. The maximum atomic E-state index is 3.80. The number of fused-ring (bicyclic) bond motifs is 2. The summed E-state index contributed by atoms with van der Waals surface area (Å²) in [5.74, 6) is 3.36. The highest BCUT2D eigenvalue weighted by molar-refractivity contribution is 9.09. The largest absolute Gasteiger partial charge is 0.0891 e. The first kappa shape index (κ1) is 11.0. The van der Waals surface area contributed by atoms with E-state index in [9.17, 15) is 0 Å². The summed E-state index contributed by atoms with van der Waals surface area (Å²) >= 11 is 3.80. The first-order valence-corrected chi connectivity index (χ1v) is 7.35. The molecule has 2 fully saturated rings. The fraction of sp³-hybridized carbons (Fsp3) is 1.00. The second kappa shape index (κ2) is 5.01. The minimum Gasteiger partial charge on any atom is -0.0891 e. The Balaban J connectivity index is 1.66. The lowest BCUT2D eigenvalue weighted by Crippen LogP contribution is -2.12. The van der Waals surface area contributed by atoms with Crippen LogP contribution in [-0.4, -0.2) is 4.83 Å². The third-order valence-electron chi connectivity index (χ3n) is 4.34. The molecule has 0 aromatic rings. The summed E-state index contributed by atoms with van der Waals surface area (Å²) in [4.78, 5) is 0.798. The first-order chi connectivity index (χ1) is 6.79. The second-order valence-electron chi connectivity index (χ2n) is 5.40. The minimum absolute atomic E-state index is 0.798. The van der Waals surface area contributed by atoms with Gasteiger partial charge in [0.2, 0.25) is 0 Å². The van der Waals surface area contributed by atoms with Gasteiger partial charge in [-0.2, -0.15) is 0 Å². The molecule has 2 rings (SSSR count). The van der Waals surface area contributed by atoms with Gasteiger partial charge in [0.1, 0.15) is 0 Å². The summed E-state index contributed by atoms with van der Waals surface area (Å²) < 4.78 is 0. The van der Waals surface area contributed by atoms with Crippen LogP contribution in [0.15, 0.2) is 0 Å². The van der Waals surface area contributed by atoms with E-state index in [4.69, 9.17) is 0 Å². The van der Waals surface area contributed by atoms with E-state index in [1.54, 1.807) is 25.7 Å². The zero-order valence-electron chi connectivity index (χ0n) is 9.34. The van der Waals surface area contributed by atoms with Crippen LogP contribution in [0.2, 0.25) is 0 Å². The summed E-state index contributed by atoms with van der Waals surface area (Å²) in [6.45, 7) is 2.28. The van der Waals surface area contributed by atoms with E-state index in [-0.39, 0.29) is 0 Å². The van der Waals surface area contributed by atoms with Crippen LogP contribution < -0.4 is 0 Å². The van der Waals surface area contributed by atoms with Crippen LogP contribution in [0.3, 0.4) is 0 Å². The van der Waals surface area contributed by atoms with Crippen molar-refractivity contribution in [3.8, 4) is 0 Å². The Kier molecular flexibility index (Phi) is 3.93. The van der Waals surface area contributed by atoms with Crippen LogP contribution in [0.25, 0.3) is 0 Å². The molecule has 0 nitrogen and oxygen atoms in total. The Morgan fingerprint density at radius 2 is 2.07 bits per heavy atom. The monoisotopic (exact) mass is 258 g/mol. The molecule has 0 radical (unpaired) electrons. The Morgan fingerprint density at radius 1 is 1.21 bits per heavy atom. The predicted octanol–water partition coefficient (Wildman–Crippen LogP) is 4.77. The van der Waals surface area contributed by atoms with Crippen LogP contribution in [-0.2, 0) is 0 Å². The van der Waals surface area contributed by atoms with Gasteiger partial charge in [0.25, 0.3) is 0 Å². The number of hydrogen-bond donors (Lipinski definition) is 0. The van der Waals surface area contributed by atoms with E-state index in [0.717, 1.165) is 22.6 Å². The van der Waals surface area contributed by atoms with Crippen molar-refractivity contribution in [3.05, 3.63) is 0 Å². The molecule has 4 atom stereocenters. The van der Waals surface area contributed by atoms with Crippen molar-refractivity contribution >= 4 is 15.9 Å². The van der Waals surface area contributed by atoms with E-state index in [1.807, 2.05) is 0 Å². The first-order valence-electron chi connectivity index (χ1n) is 6.43. The smallest absolute Gasteiger partial charge is 0.0145 e. The van der Waals surface area contributed by atoms with Gasteiger partial charge in [-0.1, -0.05) is 35.7 Å². The number of halogens is 1. The third-order valence-corrected chi connectivity index (χ3v) is 5.25. The lowest BCUT2D eigenvalue weighted by atomic mass is 9.85. The molecule has 0 heterocycles. The van der Waals surface area contributed by atoms with E-state index >= 15 is 0 Å². The van der Waals surface area contributed by atoms with Crippen LogP contribution in [0.4, 0.5) is 0 Å². The Morgan fingerprint density at radius 3 is 2.64 bits per heavy atom. The Hall–Kier alpha value is 0.480. The molecule has 0 aliphatic heterocycles. The van der Waals surface area contributed by atoms with Crippen LogP contribution in [0.1, 0.15) is 58.3 Å². The predicted molar refractivity (Wildman–Crippen MR) is 65.8 cm³/mol. The van der Waals surface area contributed by atoms with Crippen molar-refractivity contribution in [3.63, 3.8) is 0 Å². The van der Waals surface area contributed by atoms with Crippen molar-refractivity contribution < 1.29 is 0 Å². The maximum Gasteiger partial charge on any atom is 0.0145 e. The molecule has 0 aromatic heterocycles. The normalized spacial score (nSPS) is 37.7. The molecule has 1 heteroatoms. The van der Waals surface area contributed by atoms with Gasteiger partial charge < -0.3 is 0 Å². The van der Waals surface area contributed by atoms with Crippen molar-refractivity contribution in [1.82, 2.24) is 0 Å². The molecule has 0 spiro atoms. The Bertz CT molecular complexity index is 178. The summed E-state index contributed by atoms with van der Waals surface area (Å²) in [6.07, 6.45) is 11.8. The molecule has 4 unspecified atom stereocenters. The standard InChI is InChI=1S/C13H23Br/c1-2-3-13(14)7-6-12-9-10-4-5-11(12)8-10/h10-13H,2-9H2,1H3. The molecular weight excluding hydrogens is 236 g/mol. The molecule has 0 saturated heterocycles. The van der Waals surface area contributed by atoms with Gasteiger partial charge in [-0.05, 0) is 56.3 Å². The van der Waals surface area contributed by atoms with Crippen LogP contribution in [0.5, 0.6) is 0 Å². The topological polar surface area (TPSA) is 0 Å². The molecular formula is C13H23Br. The molecule has 2 saturated carbocycles. The molecule has 2 bridgehead atoms. The highest BCUT2D eigenvalue weighted by Crippen LogP contribution is 2.50. The third kappa shape index (κ3) is 2.53. The van der Waals surface area contributed by atoms with E-state index < -0.39 is 0 Å². The summed E-state index contributed by atoms with van der Waals surface area (Å²) in [5.41, 5.74) is 0. The van der Waals surface area contributed by atoms with Crippen LogP contribution >= 0.6 is 15.9 Å². The summed E-state index contributed by atoms with van der Waals surface area (Å²) in [6, 6.07) is 0. The quantitative estimate of drug-likeness (QED) is 0.624. The number of hydrogen-bond acceptors (Lipinski definition) is 0. The number of rotatable bonds is 5. The molecule has 2 aliphatic rings. The van der Waals surface area contributed by atoms with Gasteiger partial charge >= 0.3 is 0 Å². The van der Waals surface area contributed by atoms with E-state index in [2.05, 4.69) is 22.9 Å². The SMILES string of the molecule is CCCC(Br)CCC1CC2CCC1C2. The Labute approximate surface area is 97.0 Å². The van der Waals surface area contributed by atoms with E-state index in [0.29, 0.717) is 0 Å². The van der Waals surface area contributed by atoms with Crippen molar-refractivity contribution in [2.45, 2.75) is 63.1 Å². The summed E-state index contributed by atoms with van der Waals surface area (Å²) in [5, 5.41) is 0. The van der Waals surface area contributed by atoms with Crippen molar-refractivity contribution in [2.75, 3.05) is 0 Å². The van der Waals surface area contributed by atoms with Gasteiger partial charge in [0.15, 0.2) is 0 Å². The molecule has 0 aromatic carbocycles. The molecule has 82 valence electrons. The lowest BCUT2D eigenvalue weighted by Gasteiger charge is -2.22. The van der Waals surface area contributed by atoms with Crippen molar-refractivity contribution in [1.29, 1.82) is 0 Å². The molecule has 2 aliphatic carbocycles. The highest BCUT2D eigenvalue weighted by atomic mass is 79.9. The highest BCUT2D eigenvalue weighted by Gasteiger charge is 2.38. The fourth-order valence-corrected chi connectivity index (χ4v) is 4.30. The molecule has 14 heavy (non-hydrogen) atoms. The van der Waals surface area contributed by atoms with Gasteiger partial charge in [-0.15, -0.1) is 0 Å². The number of alkyl halides is 1. The average Bonchev–Trinajstić information content (AvgIpc) is 2.76. The zero-order valence-corrected chi connectivity index (χ0v) is 10.9. The van der Waals surface area contributed by atoms with Gasteiger partial charge in [-0.3, -0.25) is 0 Å². The van der Waals surface area contributed by atoms with Crippen molar-refractivity contribution in [2.24, 2.45) is 17.8 Å². The van der Waals surface area contributed by atoms with E-state index in [1.165, 1.54) is 25.7 Å². The molecule has 0 N–H and O–H groups in total. The van der Waals surface area contributed by atoms with Gasteiger partial charge in [0.05, 0.1) is 0 Å². The fourth-order valence-electron chi connectivity index (χ4n) is 3.58. The van der Waals surface area contributed by atoms with Gasteiger partial charge in [-0.25, -0.2) is 0 Å². The lowest BCUT2D eigenvalue weighted by molar-refractivity contribution is 0.307.